The zero-order valence-corrected chi connectivity index (χ0v) is 13.1. The van der Waals surface area contributed by atoms with Crippen LogP contribution in [-0.2, 0) is 17.9 Å². The SMILES string of the molecule is Cc1sc(=O)n(CC(=O)NCc2ccc(C(=O)O)cc2)c1C. The smallest absolute Gasteiger partial charge is 0.335 e. The lowest BCUT2D eigenvalue weighted by Crippen LogP contribution is -2.30. The van der Waals surface area contributed by atoms with Crippen LogP contribution in [0, 0.1) is 13.8 Å². The number of carboxylic acids is 1. The van der Waals surface area contributed by atoms with Crippen LogP contribution >= 0.6 is 11.3 Å². The molecule has 0 fully saturated rings. The van der Waals surface area contributed by atoms with Crippen molar-refractivity contribution in [3.8, 4) is 0 Å². The summed E-state index contributed by atoms with van der Waals surface area (Å²) in [4.78, 5) is 35.1. The topological polar surface area (TPSA) is 88.4 Å². The number of hydrogen-bond donors (Lipinski definition) is 2. The minimum Gasteiger partial charge on any atom is -0.478 e. The van der Waals surface area contributed by atoms with E-state index in [4.69, 9.17) is 5.11 Å². The highest BCUT2D eigenvalue weighted by molar-refractivity contribution is 7.09. The number of carbonyl (C=O) groups excluding carboxylic acids is 1. The van der Waals surface area contributed by atoms with Crippen molar-refractivity contribution in [2.24, 2.45) is 0 Å². The third kappa shape index (κ3) is 3.62. The Bertz CT molecular complexity index is 759. The molecule has 1 aromatic carbocycles. The quantitative estimate of drug-likeness (QED) is 0.874. The Morgan fingerprint density at radius 2 is 1.86 bits per heavy atom. The highest BCUT2D eigenvalue weighted by Gasteiger charge is 2.11. The summed E-state index contributed by atoms with van der Waals surface area (Å²) >= 11 is 1.13. The van der Waals surface area contributed by atoms with E-state index in [1.165, 1.54) is 16.7 Å². The van der Waals surface area contributed by atoms with Crippen molar-refractivity contribution in [3.63, 3.8) is 0 Å². The minimum atomic E-state index is -0.988. The Labute approximate surface area is 131 Å². The third-order valence-electron chi connectivity index (χ3n) is 3.37. The maximum absolute atomic E-state index is 11.9. The van der Waals surface area contributed by atoms with E-state index < -0.39 is 5.97 Å². The number of nitrogens with one attached hydrogen (secondary N) is 1. The van der Waals surface area contributed by atoms with E-state index in [-0.39, 0.29) is 29.4 Å². The number of rotatable bonds is 5. The highest BCUT2D eigenvalue weighted by atomic mass is 32.1. The van der Waals surface area contributed by atoms with Crippen LogP contribution in [-0.4, -0.2) is 21.6 Å². The second-order valence-electron chi connectivity index (χ2n) is 4.87. The van der Waals surface area contributed by atoms with Gasteiger partial charge in [-0.2, -0.15) is 0 Å². The molecule has 0 aliphatic rings. The van der Waals surface area contributed by atoms with E-state index in [2.05, 4.69) is 5.32 Å². The van der Waals surface area contributed by atoms with Crippen molar-refractivity contribution in [1.29, 1.82) is 0 Å². The molecule has 22 heavy (non-hydrogen) atoms. The summed E-state index contributed by atoms with van der Waals surface area (Å²) in [5.74, 6) is -1.25. The molecule has 1 amide bonds. The largest absolute Gasteiger partial charge is 0.478 e. The van der Waals surface area contributed by atoms with Gasteiger partial charge in [-0.1, -0.05) is 23.5 Å². The molecule has 1 heterocycles. The van der Waals surface area contributed by atoms with Crippen LogP contribution < -0.4 is 10.2 Å². The van der Waals surface area contributed by atoms with Crippen molar-refractivity contribution in [1.82, 2.24) is 9.88 Å². The normalized spacial score (nSPS) is 10.5. The van der Waals surface area contributed by atoms with Crippen LogP contribution in [0.25, 0.3) is 0 Å². The zero-order valence-electron chi connectivity index (χ0n) is 12.3. The number of hydrogen-bond acceptors (Lipinski definition) is 4. The molecule has 7 heteroatoms. The fourth-order valence-electron chi connectivity index (χ4n) is 1.94. The van der Waals surface area contributed by atoms with Crippen LogP contribution in [0.1, 0.15) is 26.5 Å². The standard InChI is InChI=1S/C15H16N2O4S/c1-9-10(2)22-15(21)17(9)8-13(18)16-7-11-3-5-12(6-4-11)14(19)20/h3-6H,7-8H2,1-2H3,(H,16,18)(H,19,20). The first kappa shape index (κ1) is 16.0. The van der Waals surface area contributed by atoms with Crippen molar-refractivity contribution in [2.45, 2.75) is 26.9 Å². The zero-order chi connectivity index (χ0) is 16.3. The highest BCUT2D eigenvalue weighted by Crippen LogP contribution is 2.09. The lowest BCUT2D eigenvalue weighted by atomic mass is 10.1. The first-order valence-corrected chi connectivity index (χ1v) is 7.46. The Kier molecular flexibility index (Phi) is 4.77. The summed E-state index contributed by atoms with van der Waals surface area (Å²) in [5.41, 5.74) is 1.80. The number of aromatic nitrogens is 1. The van der Waals surface area contributed by atoms with Crippen LogP contribution in [0.15, 0.2) is 29.1 Å². The molecule has 0 bridgehead atoms. The molecule has 2 N–H and O–H groups in total. The summed E-state index contributed by atoms with van der Waals surface area (Å²) in [6, 6.07) is 6.27. The van der Waals surface area contributed by atoms with Crippen molar-refractivity contribution in [3.05, 3.63) is 55.6 Å². The van der Waals surface area contributed by atoms with E-state index in [9.17, 15) is 14.4 Å². The average molecular weight is 320 g/mol. The van der Waals surface area contributed by atoms with Gasteiger partial charge in [-0.25, -0.2) is 4.79 Å². The van der Waals surface area contributed by atoms with Crippen molar-refractivity contribution >= 4 is 23.2 Å². The molecule has 0 atom stereocenters. The lowest BCUT2D eigenvalue weighted by Gasteiger charge is -2.07. The predicted molar refractivity (Wildman–Crippen MR) is 83.3 cm³/mol. The maximum atomic E-state index is 11.9. The molecular formula is C15H16N2O4S. The second-order valence-corrected chi connectivity index (χ2v) is 6.04. The molecule has 0 aliphatic heterocycles. The molecular weight excluding hydrogens is 304 g/mol. The van der Waals surface area contributed by atoms with Gasteiger partial charge in [0.1, 0.15) is 6.54 Å². The molecule has 116 valence electrons. The number of thiazole rings is 1. The third-order valence-corrected chi connectivity index (χ3v) is 4.36. The van der Waals surface area contributed by atoms with Gasteiger partial charge in [0.15, 0.2) is 0 Å². The lowest BCUT2D eigenvalue weighted by molar-refractivity contribution is -0.121. The number of amides is 1. The first-order valence-electron chi connectivity index (χ1n) is 6.64. The van der Waals surface area contributed by atoms with Crippen LogP contribution in [0.3, 0.4) is 0 Å². The number of carbonyl (C=O) groups is 2. The molecule has 2 aromatic rings. The number of aromatic carboxylic acids is 1. The Morgan fingerprint density at radius 3 is 2.36 bits per heavy atom. The average Bonchev–Trinajstić information content (AvgIpc) is 2.72. The Balaban J connectivity index is 1.95. The molecule has 0 aliphatic carbocycles. The van der Waals surface area contributed by atoms with Gasteiger partial charge >= 0.3 is 10.8 Å². The molecule has 2 rings (SSSR count). The van der Waals surface area contributed by atoms with E-state index in [1.54, 1.807) is 12.1 Å². The summed E-state index contributed by atoms with van der Waals surface area (Å²) in [5, 5.41) is 11.5. The molecule has 0 spiro atoms. The van der Waals surface area contributed by atoms with Gasteiger partial charge in [0.05, 0.1) is 5.56 Å². The monoisotopic (exact) mass is 320 g/mol. The fourth-order valence-corrected chi connectivity index (χ4v) is 2.77. The molecule has 0 saturated carbocycles. The van der Waals surface area contributed by atoms with Gasteiger partial charge in [-0.3, -0.25) is 14.2 Å². The summed E-state index contributed by atoms with van der Waals surface area (Å²) < 4.78 is 1.45. The number of carboxylic acid groups (broad SMARTS) is 1. The summed E-state index contributed by atoms with van der Waals surface area (Å²) in [7, 11) is 0. The number of nitrogens with zero attached hydrogens (tertiary/aromatic N) is 1. The molecule has 6 nitrogen and oxygen atoms in total. The number of aryl methyl sites for hydroxylation is 1. The van der Waals surface area contributed by atoms with Crippen molar-refractivity contribution in [2.75, 3.05) is 0 Å². The second kappa shape index (κ2) is 6.57. The van der Waals surface area contributed by atoms with Crippen LogP contribution in [0.2, 0.25) is 0 Å². The first-order chi connectivity index (χ1) is 10.4. The Morgan fingerprint density at radius 1 is 1.23 bits per heavy atom. The number of benzene rings is 1. The summed E-state index contributed by atoms with van der Waals surface area (Å²) in [6.45, 7) is 3.93. The van der Waals surface area contributed by atoms with Crippen LogP contribution in [0.5, 0.6) is 0 Å². The minimum absolute atomic E-state index is 0.0117. The van der Waals surface area contributed by atoms with Gasteiger partial charge in [0, 0.05) is 17.1 Å². The van der Waals surface area contributed by atoms with Gasteiger partial charge in [-0.15, -0.1) is 0 Å². The van der Waals surface area contributed by atoms with Gasteiger partial charge in [0.25, 0.3) is 0 Å². The van der Waals surface area contributed by atoms with Crippen LogP contribution in [0.4, 0.5) is 0 Å². The van der Waals surface area contributed by atoms with E-state index in [0.717, 1.165) is 27.5 Å². The maximum Gasteiger partial charge on any atom is 0.335 e. The molecule has 1 aromatic heterocycles. The fraction of sp³-hybridized carbons (Fsp3) is 0.267. The molecule has 0 radical (unpaired) electrons. The van der Waals surface area contributed by atoms with Gasteiger partial charge in [0.2, 0.25) is 5.91 Å². The van der Waals surface area contributed by atoms with E-state index >= 15 is 0 Å². The molecule has 0 saturated heterocycles. The Hall–Kier alpha value is -2.41. The van der Waals surface area contributed by atoms with Gasteiger partial charge in [-0.05, 0) is 31.5 Å². The van der Waals surface area contributed by atoms with Gasteiger partial charge < -0.3 is 10.4 Å². The van der Waals surface area contributed by atoms with E-state index in [1.807, 2.05) is 13.8 Å². The predicted octanol–water partition coefficient (Wildman–Crippen LogP) is 1.54. The van der Waals surface area contributed by atoms with E-state index in [0.29, 0.717) is 0 Å². The summed E-state index contributed by atoms with van der Waals surface area (Å²) in [6.07, 6.45) is 0. The van der Waals surface area contributed by atoms with Crippen molar-refractivity contribution < 1.29 is 14.7 Å². The molecule has 0 unspecified atom stereocenters.